The molecule has 2 heterocycles. The number of carbonyl (C=O) groups excluding carboxylic acids is 1. The Hall–Kier alpha value is -1.82. The third-order valence-corrected chi connectivity index (χ3v) is 3.54. The fraction of sp³-hybridized carbons (Fsp3) is 0.625. The van der Waals surface area contributed by atoms with Gasteiger partial charge in [0.2, 0.25) is 0 Å². The van der Waals surface area contributed by atoms with Crippen molar-refractivity contribution in [3.8, 4) is 17.4 Å². The second-order valence-corrected chi connectivity index (χ2v) is 5.56. The minimum Gasteiger partial charge on any atom is -0.488 e. The van der Waals surface area contributed by atoms with Crippen molar-refractivity contribution < 1.29 is 23.7 Å². The summed E-state index contributed by atoms with van der Waals surface area (Å²) >= 11 is 0. The molecule has 1 aromatic heterocycles. The van der Waals surface area contributed by atoms with Gasteiger partial charge in [0.1, 0.15) is 6.10 Å². The minimum absolute atomic E-state index is 0.0239. The summed E-state index contributed by atoms with van der Waals surface area (Å²) in [7, 11) is 3.15. The predicted molar refractivity (Wildman–Crippen MR) is 81.0 cm³/mol. The summed E-state index contributed by atoms with van der Waals surface area (Å²) in [4.78, 5) is 16.5. The van der Waals surface area contributed by atoms with Crippen LogP contribution in [0.1, 0.15) is 37.2 Å². The predicted octanol–water partition coefficient (Wildman–Crippen LogP) is 2.50. The number of Topliss-reactive ketones (excluding diaryl/α,β-unsaturated/α-hetero) is 1. The Morgan fingerprint density at radius 2 is 2.14 bits per heavy atom. The maximum absolute atomic E-state index is 12.2. The first kappa shape index (κ1) is 16.5. The lowest BCUT2D eigenvalue weighted by molar-refractivity contribution is 0.0758. The molecule has 1 aliphatic heterocycles. The molecule has 0 spiro atoms. The van der Waals surface area contributed by atoms with Gasteiger partial charge in [-0.15, -0.1) is 0 Å². The Morgan fingerprint density at radius 1 is 1.36 bits per heavy atom. The molecule has 1 unspecified atom stereocenters. The van der Waals surface area contributed by atoms with Crippen LogP contribution in [0.15, 0.2) is 6.07 Å². The molecule has 0 amide bonds. The van der Waals surface area contributed by atoms with E-state index in [2.05, 4.69) is 4.98 Å². The third kappa shape index (κ3) is 3.68. The number of hydrogen-bond acceptors (Lipinski definition) is 6. The van der Waals surface area contributed by atoms with Crippen LogP contribution >= 0.6 is 0 Å². The van der Waals surface area contributed by atoms with E-state index < -0.39 is 0 Å². The van der Waals surface area contributed by atoms with Crippen LogP contribution in [0.5, 0.6) is 17.4 Å². The minimum atomic E-state index is -0.128. The molecule has 0 saturated carbocycles. The van der Waals surface area contributed by atoms with E-state index in [1.807, 2.05) is 13.8 Å². The van der Waals surface area contributed by atoms with E-state index >= 15 is 0 Å². The summed E-state index contributed by atoms with van der Waals surface area (Å²) in [6.07, 6.45) is 0.969. The molecule has 0 bridgehead atoms. The summed E-state index contributed by atoms with van der Waals surface area (Å²) in [5.74, 6) is 1.48. The van der Waals surface area contributed by atoms with Gasteiger partial charge >= 0.3 is 0 Å². The van der Waals surface area contributed by atoms with Gasteiger partial charge in [-0.25, -0.2) is 4.98 Å². The quantitative estimate of drug-likeness (QED) is 0.721. The zero-order valence-corrected chi connectivity index (χ0v) is 13.5. The third-order valence-electron chi connectivity index (χ3n) is 3.54. The highest BCUT2D eigenvalue weighted by atomic mass is 16.5. The van der Waals surface area contributed by atoms with Gasteiger partial charge in [0.05, 0.1) is 20.1 Å². The number of carbonyl (C=O) groups is 1. The number of hydrogen-bond donors (Lipinski definition) is 0. The Kier molecular flexibility index (Phi) is 5.60. The lowest BCUT2D eigenvalue weighted by Gasteiger charge is -2.27. The van der Waals surface area contributed by atoms with Gasteiger partial charge in [-0.05, 0) is 5.92 Å². The smallest absolute Gasteiger partial charge is 0.257 e. The van der Waals surface area contributed by atoms with Crippen molar-refractivity contribution in [2.24, 2.45) is 5.92 Å². The van der Waals surface area contributed by atoms with Gasteiger partial charge in [-0.1, -0.05) is 13.8 Å². The molecule has 122 valence electrons. The standard InChI is InChI=1S/C16H23NO5/c1-10(2)12-8-11(18)15-13(22-12)9-14(16(17-15)20-4)21-7-5-6-19-3/h9-10,12H,5-8H2,1-4H3. The Balaban J connectivity index is 2.21. The average Bonchev–Trinajstić information content (AvgIpc) is 2.50. The maximum atomic E-state index is 12.2. The van der Waals surface area contributed by atoms with Gasteiger partial charge in [0.25, 0.3) is 5.88 Å². The van der Waals surface area contributed by atoms with E-state index in [-0.39, 0.29) is 17.8 Å². The van der Waals surface area contributed by atoms with E-state index in [9.17, 15) is 4.79 Å². The van der Waals surface area contributed by atoms with Crippen molar-refractivity contribution in [3.63, 3.8) is 0 Å². The van der Waals surface area contributed by atoms with Crippen LogP contribution in [0.25, 0.3) is 0 Å². The normalized spacial score (nSPS) is 17.1. The first-order chi connectivity index (χ1) is 10.6. The summed E-state index contributed by atoms with van der Waals surface area (Å²) in [6, 6.07) is 1.69. The molecule has 0 N–H and O–H groups in total. The molecule has 1 atom stereocenters. The van der Waals surface area contributed by atoms with Crippen molar-refractivity contribution in [1.29, 1.82) is 0 Å². The van der Waals surface area contributed by atoms with Crippen molar-refractivity contribution in [1.82, 2.24) is 4.98 Å². The maximum Gasteiger partial charge on any atom is 0.257 e. The fourth-order valence-corrected chi connectivity index (χ4v) is 2.24. The molecule has 22 heavy (non-hydrogen) atoms. The number of fused-ring (bicyclic) bond motifs is 1. The van der Waals surface area contributed by atoms with Crippen molar-refractivity contribution in [2.45, 2.75) is 32.8 Å². The van der Waals surface area contributed by atoms with Crippen molar-refractivity contribution in [2.75, 3.05) is 27.4 Å². The van der Waals surface area contributed by atoms with Crippen molar-refractivity contribution >= 4 is 5.78 Å². The molecule has 1 aliphatic rings. The molecule has 1 aromatic rings. The van der Waals surface area contributed by atoms with E-state index in [0.29, 0.717) is 42.7 Å². The largest absolute Gasteiger partial charge is 0.488 e. The van der Waals surface area contributed by atoms with Crippen LogP contribution in [0, 0.1) is 5.92 Å². The molecule has 0 aliphatic carbocycles. The second kappa shape index (κ2) is 7.45. The molecular formula is C16H23NO5. The molecule has 6 nitrogen and oxygen atoms in total. The SMILES string of the molecule is COCCCOc1cc2c(nc1OC)C(=O)CC(C(C)C)O2. The van der Waals surface area contributed by atoms with Crippen LogP contribution in [-0.2, 0) is 4.74 Å². The Bertz CT molecular complexity index is 530. The van der Waals surface area contributed by atoms with Gasteiger partial charge in [0.15, 0.2) is 23.0 Å². The van der Waals surface area contributed by atoms with Crippen LogP contribution in [0.4, 0.5) is 0 Å². The molecule has 6 heteroatoms. The van der Waals surface area contributed by atoms with Crippen molar-refractivity contribution in [3.05, 3.63) is 11.8 Å². The van der Waals surface area contributed by atoms with Crippen LogP contribution in [0.2, 0.25) is 0 Å². The van der Waals surface area contributed by atoms with Gasteiger partial charge in [-0.2, -0.15) is 0 Å². The molecule has 2 rings (SSSR count). The lowest BCUT2D eigenvalue weighted by atomic mass is 9.97. The number of pyridine rings is 1. The van der Waals surface area contributed by atoms with Crippen LogP contribution in [-0.4, -0.2) is 44.3 Å². The zero-order chi connectivity index (χ0) is 16.1. The van der Waals surface area contributed by atoms with Crippen LogP contribution in [0.3, 0.4) is 0 Å². The monoisotopic (exact) mass is 309 g/mol. The summed E-state index contributed by atoms with van der Waals surface area (Å²) < 4.78 is 21.8. The molecular weight excluding hydrogens is 286 g/mol. The lowest BCUT2D eigenvalue weighted by Crippen LogP contribution is -2.32. The van der Waals surface area contributed by atoms with E-state index in [0.717, 1.165) is 6.42 Å². The first-order valence-corrected chi connectivity index (χ1v) is 7.47. The van der Waals surface area contributed by atoms with Gasteiger partial charge in [-0.3, -0.25) is 4.79 Å². The number of rotatable bonds is 7. The number of aromatic nitrogens is 1. The van der Waals surface area contributed by atoms with E-state index in [4.69, 9.17) is 18.9 Å². The Morgan fingerprint density at radius 3 is 2.77 bits per heavy atom. The number of ether oxygens (including phenoxy) is 4. The summed E-state index contributed by atoms with van der Waals surface area (Å²) in [5.41, 5.74) is 0.318. The summed E-state index contributed by atoms with van der Waals surface area (Å²) in [6.45, 7) is 5.15. The number of ketones is 1. The average molecular weight is 309 g/mol. The van der Waals surface area contributed by atoms with Gasteiger partial charge in [0, 0.05) is 26.2 Å². The topological polar surface area (TPSA) is 66.9 Å². The molecule has 0 fully saturated rings. The summed E-state index contributed by atoms with van der Waals surface area (Å²) in [5, 5.41) is 0. The van der Waals surface area contributed by atoms with Gasteiger partial charge < -0.3 is 18.9 Å². The van der Waals surface area contributed by atoms with E-state index in [1.54, 1.807) is 13.2 Å². The number of nitrogens with zero attached hydrogens (tertiary/aromatic N) is 1. The molecule has 0 aromatic carbocycles. The zero-order valence-electron chi connectivity index (χ0n) is 13.5. The first-order valence-electron chi connectivity index (χ1n) is 7.47. The number of methoxy groups -OCH3 is 2. The van der Waals surface area contributed by atoms with E-state index in [1.165, 1.54) is 7.11 Å². The fourth-order valence-electron chi connectivity index (χ4n) is 2.24. The highest BCUT2D eigenvalue weighted by molar-refractivity contribution is 5.98. The highest BCUT2D eigenvalue weighted by Crippen LogP contribution is 2.36. The molecule has 0 radical (unpaired) electrons. The second-order valence-electron chi connectivity index (χ2n) is 5.56. The molecule has 0 saturated heterocycles. The highest BCUT2D eigenvalue weighted by Gasteiger charge is 2.31. The Labute approximate surface area is 130 Å². The van der Waals surface area contributed by atoms with Crippen LogP contribution < -0.4 is 14.2 Å².